The molecule has 1 aromatic carbocycles. The van der Waals surface area contributed by atoms with Crippen LogP contribution in [0.4, 0.5) is 18.9 Å². The maximum Gasteiger partial charge on any atom is 0.246 e. The molecule has 1 amide bonds. The molecule has 1 unspecified atom stereocenters. The van der Waals surface area contributed by atoms with Crippen molar-refractivity contribution in [2.45, 2.75) is 25.9 Å². The summed E-state index contributed by atoms with van der Waals surface area (Å²) in [6.07, 6.45) is 1.81. The highest BCUT2D eigenvalue weighted by Crippen LogP contribution is 2.19. The van der Waals surface area contributed by atoms with Crippen molar-refractivity contribution in [1.82, 2.24) is 10.6 Å². The van der Waals surface area contributed by atoms with Crippen LogP contribution in [0.2, 0.25) is 0 Å². The number of anilines is 1. The van der Waals surface area contributed by atoms with E-state index in [2.05, 4.69) is 20.9 Å². The third-order valence-corrected chi connectivity index (χ3v) is 3.89. The number of hydrogen-bond donors (Lipinski definition) is 3. The van der Waals surface area contributed by atoms with E-state index in [1.807, 2.05) is 6.92 Å². The molecule has 1 heterocycles. The summed E-state index contributed by atoms with van der Waals surface area (Å²) >= 11 is 0. The standard InChI is InChI=1S/C18H25F3N4O3/c1-2-22-18(23-7-3-8-28-12-6-9-27-11-12)24-10-15(26)25-14-5-4-13(19)16(20)17(14)21/h4-5,12H,2-3,6-11H2,1H3,(H,25,26)(H2,22,23,24). The monoisotopic (exact) mass is 402 g/mol. The lowest BCUT2D eigenvalue weighted by atomic mass is 10.3. The van der Waals surface area contributed by atoms with Gasteiger partial charge in [0, 0.05) is 26.3 Å². The lowest BCUT2D eigenvalue weighted by Crippen LogP contribution is -2.38. The van der Waals surface area contributed by atoms with Crippen LogP contribution in [-0.2, 0) is 14.3 Å². The summed E-state index contributed by atoms with van der Waals surface area (Å²) in [5.74, 6) is -4.66. The molecule has 0 bridgehead atoms. The van der Waals surface area contributed by atoms with Crippen LogP contribution >= 0.6 is 0 Å². The van der Waals surface area contributed by atoms with E-state index in [0.29, 0.717) is 32.3 Å². The van der Waals surface area contributed by atoms with Crippen molar-refractivity contribution in [2.24, 2.45) is 4.99 Å². The second-order valence-corrected chi connectivity index (χ2v) is 6.10. The summed E-state index contributed by atoms with van der Waals surface area (Å²) in [6.45, 7) is 4.67. The summed E-state index contributed by atoms with van der Waals surface area (Å²) in [5.41, 5.74) is -0.440. The molecule has 1 fully saturated rings. The van der Waals surface area contributed by atoms with Gasteiger partial charge in [0.25, 0.3) is 0 Å². The Morgan fingerprint density at radius 3 is 2.82 bits per heavy atom. The smallest absolute Gasteiger partial charge is 0.246 e. The zero-order valence-electron chi connectivity index (χ0n) is 15.7. The van der Waals surface area contributed by atoms with Gasteiger partial charge in [0.2, 0.25) is 5.91 Å². The molecule has 2 rings (SSSR count). The lowest BCUT2D eigenvalue weighted by Gasteiger charge is -2.13. The molecule has 0 spiro atoms. The average molecular weight is 402 g/mol. The summed E-state index contributed by atoms with van der Waals surface area (Å²) < 4.78 is 50.6. The molecule has 0 radical (unpaired) electrons. The van der Waals surface area contributed by atoms with Crippen LogP contribution in [0.15, 0.2) is 17.1 Å². The SMILES string of the molecule is CCNC(=NCC(=O)Nc1ccc(F)c(F)c1F)NCCCOC1CCOC1. The van der Waals surface area contributed by atoms with Crippen molar-refractivity contribution in [2.75, 3.05) is 44.8 Å². The number of halogens is 3. The maximum absolute atomic E-state index is 13.6. The number of guanidine groups is 1. The highest BCUT2D eigenvalue weighted by molar-refractivity contribution is 5.94. The van der Waals surface area contributed by atoms with E-state index in [9.17, 15) is 18.0 Å². The number of amides is 1. The Morgan fingerprint density at radius 2 is 2.11 bits per heavy atom. The molecule has 3 N–H and O–H groups in total. The van der Waals surface area contributed by atoms with Gasteiger partial charge in [-0.15, -0.1) is 0 Å². The largest absolute Gasteiger partial charge is 0.379 e. The van der Waals surface area contributed by atoms with Crippen molar-refractivity contribution in [1.29, 1.82) is 0 Å². The Morgan fingerprint density at radius 1 is 1.29 bits per heavy atom. The molecule has 1 aromatic rings. The van der Waals surface area contributed by atoms with Crippen LogP contribution in [0, 0.1) is 17.5 Å². The van der Waals surface area contributed by atoms with Crippen molar-refractivity contribution in [3.05, 3.63) is 29.6 Å². The fraction of sp³-hybridized carbons (Fsp3) is 0.556. The Balaban J connectivity index is 1.75. The molecule has 7 nitrogen and oxygen atoms in total. The number of nitrogens with zero attached hydrogens (tertiary/aromatic N) is 1. The topological polar surface area (TPSA) is 84.0 Å². The predicted octanol–water partition coefficient (Wildman–Crippen LogP) is 1.79. The van der Waals surface area contributed by atoms with Crippen LogP contribution in [0.1, 0.15) is 19.8 Å². The number of rotatable bonds is 9. The van der Waals surface area contributed by atoms with Gasteiger partial charge in [-0.2, -0.15) is 0 Å². The van der Waals surface area contributed by atoms with Crippen LogP contribution in [0.25, 0.3) is 0 Å². The number of carbonyl (C=O) groups is 1. The summed E-state index contributed by atoms with van der Waals surface area (Å²) in [5, 5.41) is 8.20. The lowest BCUT2D eigenvalue weighted by molar-refractivity contribution is -0.114. The Bertz CT molecular complexity index is 682. The average Bonchev–Trinajstić information content (AvgIpc) is 3.19. The van der Waals surface area contributed by atoms with Gasteiger partial charge in [0.15, 0.2) is 23.4 Å². The highest BCUT2D eigenvalue weighted by Gasteiger charge is 2.16. The summed E-state index contributed by atoms with van der Waals surface area (Å²) in [4.78, 5) is 16.0. The van der Waals surface area contributed by atoms with E-state index < -0.39 is 29.0 Å². The second-order valence-electron chi connectivity index (χ2n) is 6.10. The van der Waals surface area contributed by atoms with Gasteiger partial charge < -0.3 is 25.4 Å². The van der Waals surface area contributed by atoms with Crippen LogP contribution in [0.5, 0.6) is 0 Å². The quantitative estimate of drug-likeness (QED) is 0.254. The summed E-state index contributed by atoms with van der Waals surface area (Å²) in [7, 11) is 0. The minimum absolute atomic E-state index is 0.155. The van der Waals surface area contributed by atoms with Gasteiger partial charge in [-0.1, -0.05) is 0 Å². The van der Waals surface area contributed by atoms with Crippen molar-refractivity contribution < 1.29 is 27.4 Å². The first-order chi connectivity index (χ1) is 13.5. The number of nitrogens with one attached hydrogen (secondary N) is 3. The van der Waals surface area contributed by atoms with Gasteiger partial charge in [-0.05, 0) is 31.9 Å². The zero-order valence-corrected chi connectivity index (χ0v) is 15.7. The van der Waals surface area contributed by atoms with E-state index in [1.165, 1.54) is 0 Å². The molecule has 156 valence electrons. The number of aliphatic imine (C=N–C) groups is 1. The molecule has 10 heteroatoms. The van der Waals surface area contributed by atoms with Crippen molar-refractivity contribution in [3.8, 4) is 0 Å². The minimum Gasteiger partial charge on any atom is -0.379 e. The zero-order chi connectivity index (χ0) is 20.4. The number of benzene rings is 1. The van der Waals surface area contributed by atoms with Crippen LogP contribution < -0.4 is 16.0 Å². The number of ether oxygens (including phenoxy) is 2. The third kappa shape index (κ3) is 7.01. The molecule has 28 heavy (non-hydrogen) atoms. The molecular weight excluding hydrogens is 377 g/mol. The van der Waals surface area contributed by atoms with Crippen LogP contribution in [0.3, 0.4) is 0 Å². The summed E-state index contributed by atoms with van der Waals surface area (Å²) in [6, 6.07) is 1.69. The maximum atomic E-state index is 13.6. The van der Waals surface area contributed by atoms with Crippen molar-refractivity contribution >= 4 is 17.6 Å². The van der Waals surface area contributed by atoms with Crippen LogP contribution in [-0.4, -0.2) is 57.4 Å². The molecule has 1 atom stereocenters. The van der Waals surface area contributed by atoms with Crippen molar-refractivity contribution in [3.63, 3.8) is 0 Å². The predicted molar refractivity (Wildman–Crippen MR) is 98.7 cm³/mol. The molecule has 0 aliphatic carbocycles. The van der Waals surface area contributed by atoms with Gasteiger partial charge in [-0.3, -0.25) is 4.79 Å². The third-order valence-electron chi connectivity index (χ3n) is 3.89. The van der Waals surface area contributed by atoms with E-state index in [4.69, 9.17) is 9.47 Å². The van der Waals surface area contributed by atoms with E-state index in [1.54, 1.807) is 0 Å². The van der Waals surface area contributed by atoms with Gasteiger partial charge >= 0.3 is 0 Å². The molecule has 1 saturated heterocycles. The first-order valence-corrected chi connectivity index (χ1v) is 9.16. The van der Waals surface area contributed by atoms with E-state index in [0.717, 1.165) is 31.6 Å². The Labute approximate surface area is 161 Å². The van der Waals surface area contributed by atoms with E-state index >= 15 is 0 Å². The fourth-order valence-corrected chi connectivity index (χ4v) is 2.48. The van der Waals surface area contributed by atoms with E-state index in [-0.39, 0.29) is 12.6 Å². The number of carbonyl (C=O) groups excluding carboxylic acids is 1. The molecular formula is C18H25F3N4O3. The first-order valence-electron chi connectivity index (χ1n) is 9.16. The van der Waals surface area contributed by atoms with Gasteiger partial charge in [0.1, 0.15) is 6.54 Å². The molecule has 0 saturated carbocycles. The van der Waals surface area contributed by atoms with Gasteiger partial charge in [0.05, 0.1) is 18.4 Å². The fourth-order valence-electron chi connectivity index (χ4n) is 2.48. The Hall–Kier alpha value is -2.33. The molecule has 1 aliphatic heterocycles. The molecule has 1 aliphatic rings. The first kappa shape index (κ1) is 22.0. The normalized spacial score (nSPS) is 16.9. The minimum atomic E-state index is -1.64. The highest BCUT2D eigenvalue weighted by atomic mass is 19.2. The second kappa shape index (κ2) is 11.5. The number of hydrogen-bond acceptors (Lipinski definition) is 4. The van der Waals surface area contributed by atoms with Gasteiger partial charge in [-0.25, -0.2) is 18.2 Å². The Kier molecular flexibility index (Phi) is 9.02. The molecule has 0 aromatic heterocycles.